The van der Waals surface area contributed by atoms with Gasteiger partial charge in [0.25, 0.3) is 0 Å². The molecule has 1 aromatic carbocycles. The van der Waals surface area contributed by atoms with Crippen LogP contribution in [0.25, 0.3) is 0 Å². The Bertz CT molecular complexity index is 733. The summed E-state index contributed by atoms with van der Waals surface area (Å²) in [5, 5.41) is 0. The normalized spacial score (nSPS) is 27.8. The summed E-state index contributed by atoms with van der Waals surface area (Å²) in [4.78, 5) is 22.8. The average Bonchev–Trinajstić information content (AvgIpc) is 2.79. The van der Waals surface area contributed by atoms with Crippen molar-refractivity contribution in [2.24, 2.45) is 5.92 Å². The van der Waals surface area contributed by atoms with Gasteiger partial charge in [0.1, 0.15) is 18.0 Å². The first-order chi connectivity index (χ1) is 15.3. The van der Waals surface area contributed by atoms with Crippen LogP contribution in [0.3, 0.4) is 0 Å². The zero-order valence-corrected chi connectivity index (χ0v) is 18.9. The van der Waals surface area contributed by atoms with E-state index >= 15 is 0 Å². The van der Waals surface area contributed by atoms with Crippen molar-refractivity contribution in [3.8, 4) is 5.75 Å². The summed E-state index contributed by atoms with van der Waals surface area (Å²) in [7, 11) is 0. The quantitative estimate of drug-likeness (QED) is 0.491. The summed E-state index contributed by atoms with van der Waals surface area (Å²) in [6.07, 6.45) is 3.09. The molecule has 5 nitrogen and oxygen atoms in total. The van der Waals surface area contributed by atoms with Gasteiger partial charge in [0, 0.05) is 0 Å². The fourth-order valence-electron chi connectivity index (χ4n) is 4.50. The Morgan fingerprint density at radius 2 is 1.28 bits per heavy atom. The molecule has 0 saturated heterocycles. The zero-order chi connectivity index (χ0) is 23.1. The highest BCUT2D eigenvalue weighted by molar-refractivity contribution is 5.74. The molecule has 2 aliphatic rings. The molecule has 32 heavy (non-hydrogen) atoms. The number of halogens is 2. The van der Waals surface area contributed by atoms with Crippen molar-refractivity contribution in [1.29, 1.82) is 0 Å². The number of hydrogen-bond acceptors (Lipinski definition) is 5. The molecule has 3 rings (SSSR count). The lowest BCUT2D eigenvalue weighted by atomic mass is 9.83. The van der Waals surface area contributed by atoms with Gasteiger partial charge in [-0.2, -0.15) is 0 Å². The fraction of sp³-hybridized carbons (Fsp3) is 0.680. The van der Waals surface area contributed by atoms with Crippen LogP contribution in [0.1, 0.15) is 76.7 Å². The van der Waals surface area contributed by atoms with Gasteiger partial charge in [-0.3, -0.25) is 0 Å². The lowest BCUT2D eigenvalue weighted by Crippen LogP contribution is -2.29. The predicted octanol–water partition coefficient (Wildman–Crippen LogP) is 5.45. The van der Waals surface area contributed by atoms with Crippen molar-refractivity contribution < 1.29 is 32.6 Å². The number of esters is 2. The number of carbonyl (C=O) groups is 2. The van der Waals surface area contributed by atoms with Crippen LogP contribution in [0.15, 0.2) is 24.3 Å². The van der Waals surface area contributed by atoms with Crippen LogP contribution in [0.4, 0.5) is 8.78 Å². The second kappa shape index (κ2) is 11.6. The Kier molecular flexibility index (Phi) is 8.88. The van der Waals surface area contributed by atoms with Crippen LogP contribution >= 0.6 is 0 Å². The number of hydrogen-bond donors (Lipinski definition) is 0. The van der Waals surface area contributed by atoms with E-state index in [4.69, 9.17) is 14.2 Å². The summed E-state index contributed by atoms with van der Waals surface area (Å²) < 4.78 is 42.3. The minimum atomic E-state index is -1.57. The molecule has 0 bridgehead atoms. The van der Waals surface area contributed by atoms with E-state index in [0.29, 0.717) is 18.4 Å². The Hall–Kier alpha value is -2.18. The van der Waals surface area contributed by atoms with Crippen LogP contribution in [-0.2, 0) is 19.1 Å². The SMILES string of the molecule is CC(F)C(=O)OC1CCC(COc2ccc(C3CCC(OC(=O)[C@@H](C)F)CC3)cc2)CC1. The third-order valence-electron chi connectivity index (χ3n) is 6.52. The largest absolute Gasteiger partial charge is 0.493 e. The molecule has 0 amide bonds. The standard InChI is InChI=1S/C25H34F2O5/c1-16(26)24(28)31-22-9-3-18(4-10-22)15-30-21-11-5-19(6-12-21)20-7-13-23(14-8-20)32-25(29)17(2)27/h5-6,11-12,16-18,20,22-23H,3-4,7-10,13-15H2,1-2H3/t16?,17-,18?,20?,22?,23?/m1/s1. The third-order valence-corrected chi connectivity index (χ3v) is 6.52. The van der Waals surface area contributed by atoms with E-state index in [1.165, 1.54) is 19.4 Å². The minimum absolute atomic E-state index is 0.182. The van der Waals surface area contributed by atoms with Gasteiger partial charge in [0.2, 0.25) is 0 Å². The molecule has 1 aromatic rings. The minimum Gasteiger partial charge on any atom is -0.493 e. The van der Waals surface area contributed by atoms with E-state index in [9.17, 15) is 18.4 Å². The maximum absolute atomic E-state index is 13.0. The van der Waals surface area contributed by atoms with Gasteiger partial charge in [-0.25, -0.2) is 18.4 Å². The molecule has 0 radical (unpaired) electrons. The summed E-state index contributed by atoms with van der Waals surface area (Å²) in [5.74, 6) is 0.102. The molecule has 0 N–H and O–H groups in total. The topological polar surface area (TPSA) is 61.8 Å². The van der Waals surface area contributed by atoms with Crippen LogP contribution in [0, 0.1) is 5.92 Å². The van der Waals surface area contributed by atoms with Gasteiger partial charge in [0.15, 0.2) is 12.3 Å². The Morgan fingerprint density at radius 1 is 0.812 bits per heavy atom. The van der Waals surface area contributed by atoms with Gasteiger partial charge in [-0.1, -0.05) is 12.1 Å². The fourth-order valence-corrected chi connectivity index (χ4v) is 4.50. The summed E-state index contributed by atoms with van der Waals surface area (Å²) in [5.41, 5.74) is 1.24. The predicted molar refractivity (Wildman–Crippen MR) is 116 cm³/mol. The van der Waals surface area contributed by atoms with Crippen LogP contribution in [-0.4, -0.2) is 43.1 Å². The van der Waals surface area contributed by atoms with Crippen molar-refractivity contribution in [2.45, 2.75) is 95.7 Å². The molecule has 1 unspecified atom stereocenters. The molecular weight excluding hydrogens is 418 g/mol. The monoisotopic (exact) mass is 452 g/mol. The number of carbonyl (C=O) groups excluding carboxylic acids is 2. The number of alkyl halides is 2. The highest BCUT2D eigenvalue weighted by atomic mass is 19.1. The number of rotatable bonds is 8. The Morgan fingerprint density at radius 3 is 1.75 bits per heavy atom. The molecule has 0 aliphatic heterocycles. The van der Waals surface area contributed by atoms with Crippen molar-refractivity contribution in [3.05, 3.63) is 29.8 Å². The molecule has 0 spiro atoms. The van der Waals surface area contributed by atoms with Crippen molar-refractivity contribution in [1.82, 2.24) is 0 Å². The van der Waals surface area contributed by atoms with E-state index in [0.717, 1.165) is 57.1 Å². The van der Waals surface area contributed by atoms with Gasteiger partial charge in [0.05, 0.1) is 6.61 Å². The molecule has 2 aliphatic carbocycles. The van der Waals surface area contributed by atoms with Crippen molar-refractivity contribution in [3.63, 3.8) is 0 Å². The first kappa shape index (κ1) is 24.5. The van der Waals surface area contributed by atoms with Gasteiger partial charge >= 0.3 is 11.9 Å². The first-order valence-corrected chi connectivity index (χ1v) is 11.7. The molecule has 178 valence electrons. The number of ether oxygens (including phenoxy) is 3. The third kappa shape index (κ3) is 7.17. The van der Waals surface area contributed by atoms with Gasteiger partial charge in [-0.15, -0.1) is 0 Å². The zero-order valence-electron chi connectivity index (χ0n) is 18.9. The molecule has 0 heterocycles. The average molecular weight is 453 g/mol. The maximum atomic E-state index is 13.0. The van der Waals surface area contributed by atoms with E-state index in [1.54, 1.807) is 0 Å². The van der Waals surface area contributed by atoms with Crippen LogP contribution < -0.4 is 4.74 Å². The lowest BCUT2D eigenvalue weighted by molar-refractivity contribution is -0.157. The first-order valence-electron chi connectivity index (χ1n) is 11.7. The van der Waals surface area contributed by atoms with Gasteiger partial charge in [-0.05, 0) is 94.7 Å². The second-order valence-electron chi connectivity index (χ2n) is 9.10. The Labute approximate surface area is 188 Å². The molecular formula is C25H34F2O5. The molecule has 2 atom stereocenters. The molecule has 2 saturated carbocycles. The maximum Gasteiger partial charge on any atom is 0.340 e. The Balaban J connectivity index is 1.37. The van der Waals surface area contributed by atoms with Gasteiger partial charge < -0.3 is 14.2 Å². The van der Waals surface area contributed by atoms with Crippen LogP contribution in [0.5, 0.6) is 5.75 Å². The summed E-state index contributed by atoms with van der Waals surface area (Å²) in [6.45, 7) is 3.02. The molecule has 7 heteroatoms. The highest BCUT2D eigenvalue weighted by Crippen LogP contribution is 2.35. The van der Waals surface area contributed by atoms with Crippen molar-refractivity contribution >= 4 is 11.9 Å². The van der Waals surface area contributed by atoms with E-state index in [2.05, 4.69) is 12.1 Å². The lowest BCUT2D eigenvalue weighted by Gasteiger charge is -2.29. The number of benzene rings is 1. The summed E-state index contributed by atoms with van der Waals surface area (Å²) >= 11 is 0. The van der Waals surface area contributed by atoms with Crippen molar-refractivity contribution in [2.75, 3.05) is 6.61 Å². The van der Waals surface area contributed by atoms with E-state index < -0.39 is 24.3 Å². The smallest absolute Gasteiger partial charge is 0.340 e. The second-order valence-corrected chi connectivity index (χ2v) is 9.10. The van der Waals surface area contributed by atoms with E-state index in [-0.39, 0.29) is 12.2 Å². The highest BCUT2D eigenvalue weighted by Gasteiger charge is 2.27. The molecule has 2 fully saturated rings. The van der Waals surface area contributed by atoms with E-state index in [1.807, 2.05) is 12.1 Å². The molecule has 0 aromatic heterocycles. The summed E-state index contributed by atoms with van der Waals surface area (Å²) in [6, 6.07) is 8.15. The van der Waals surface area contributed by atoms with Crippen LogP contribution in [0.2, 0.25) is 0 Å².